The van der Waals surface area contributed by atoms with Gasteiger partial charge in [0.05, 0.1) is 11.7 Å². The third-order valence-electron chi connectivity index (χ3n) is 8.10. The number of rotatable bonds is 13. The van der Waals surface area contributed by atoms with Crippen molar-refractivity contribution in [1.29, 1.82) is 0 Å². The molecule has 192 valence electrons. The number of carboxylic acids is 1. The Bertz CT molecular complexity index is 1000. The SMILES string of the molecule is CCC(CC)(c1ccc(CCC2(O)CCC2)c(C)c1)c1ccc(OC[C@H](O)CCC(=O)O)c(C)c1. The van der Waals surface area contributed by atoms with E-state index >= 15 is 0 Å². The number of hydrogen-bond donors (Lipinski definition) is 3. The molecule has 1 aliphatic carbocycles. The van der Waals surface area contributed by atoms with Crippen LogP contribution in [0.2, 0.25) is 0 Å². The summed E-state index contributed by atoms with van der Waals surface area (Å²) in [7, 11) is 0. The van der Waals surface area contributed by atoms with Crippen molar-refractivity contribution in [3.63, 3.8) is 0 Å². The van der Waals surface area contributed by atoms with Crippen molar-refractivity contribution in [3.8, 4) is 5.75 Å². The van der Waals surface area contributed by atoms with Gasteiger partial charge in [-0.3, -0.25) is 4.79 Å². The van der Waals surface area contributed by atoms with Gasteiger partial charge in [0.1, 0.15) is 12.4 Å². The number of aryl methyl sites for hydroxylation is 3. The number of ether oxygens (including phenoxy) is 1. The van der Waals surface area contributed by atoms with Gasteiger partial charge in [-0.15, -0.1) is 0 Å². The topological polar surface area (TPSA) is 87.0 Å². The van der Waals surface area contributed by atoms with E-state index < -0.39 is 17.7 Å². The van der Waals surface area contributed by atoms with Gasteiger partial charge in [-0.25, -0.2) is 0 Å². The minimum atomic E-state index is -0.918. The Labute approximate surface area is 210 Å². The van der Waals surface area contributed by atoms with E-state index in [0.717, 1.165) is 50.5 Å². The molecule has 3 rings (SSSR count). The lowest BCUT2D eigenvalue weighted by Gasteiger charge is -2.37. The molecule has 2 aromatic carbocycles. The highest BCUT2D eigenvalue weighted by Gasteiger charge is 2.34. The molecule has 35 heavy (non-hydrogen) atoms. The summed E-state index contributed by atoms with van der Waals surface area (Å²) < 4.78 is 5.81. The van der Waals surface area contributed by atoms with E-state index in [4.69, 9.17) is 9.84 Å². The Balaban J connectivity index is 1.76. The van der Waals surface area contributed by atoms with Crippen molar-refractivity contribution >= 4 is 5.97 Å². The lowest BCUT2D eigenvalue weighted by atomic mass is 9.69. The van der Waals surface area contributed by atoms with Gasteiger partial charge in [0.25, 0.3) is 0 Å². The quantitative estimate of drug-likeness (QED) is 0.333. The number of carboxylic acid groups (broad SMARTS) is 1. The highest BCUT2D eigenvalue weighted by molar-refractivity contribution is 5.66. The van der Waals surface area contributed by atoms with Gasteiger partial charge in [-0.05, 0) is 99.1 Å². The number of aliphatic hydroxyl groups excluding tert-OH is 1. The second-order valence-electron chi connectivity index (χ2n) is 10.4. The van der Waals surface area contributed by atoms with Crippen molar-refractivity contribution in [3.05, 3.63) is 64.2 Å². The summed E-state index contributed by atoms with van der Waals surface area (Å²) in [5.41, 5.74) is 5.59. The first kappa shape index (κ1) is 27.2. The Morgan fingerprint density at radius 2 is 1.69 bits per heavy atom. The van der Waals surface area contributed by atoms with E-state index in [1.54, 1.807) is 0 Å². The van der Waals surface area contributed by atoms with Crippen molar-refractivity contribution in [2.24, 2.45) is 0 Å². The molecule has 5 heteroatoms. The molecule has 0 amide bonds. The fourth-order valence-corrected chi connectivity index (χ4v) is 5.38. The van der Waals surface area contributed by atoms with Crippen LogP contribution in [0.3, 0.4) is 0 Å². The summed E-state index contributed by atoms with van der Waals surface area (Å²) in [5, 5.41) is 29.3. The molecule has 0 unspecified atom stereocenters. The molecular weight excluding hydrogens is 440 g/mol. The van der Waals surface area contributed by atoms with Gasteiger partial charge in [-0.2, -0.15) is 0 Å². The van der Waals surface area contributed by atoms with E-state index in [2.05, 4.69) is 51.1 Å². The maximum Gasteiger partial charge on any atom is 0.303 e. The monoisotopic (exact) mass is 482 g/mol. The molecule has 0 aromatic heterocycles. The molecule has 0 aliphatic heterocycles. The van der Waals surface area contributed by atoms with Crippen molar-refractivity contribution in [2.75, 3.05) is 6.61 Å². The van der Waals surface area contributed by atoms with Crippen LogP contribution in [0.25, 0.3) is 0 Å². The lowest BCUT2D eigenvalue weighted by Crippen LogP contribution is -2.37. The van der Waals surface area contributed by atoms with Crippen LogP contribution in [-0.2, 0) is 16.6 Å². The van der Waals surface area contributed by atoms with Crippen LogP contribution in [0, 0.1) is 13.8 Å². The first-order valence-electron chi connectivity index (χ1n) is 13.1. The lowest BCUT2D eigenvalue weighted by molar-refractivity contribution is -0.137. The predicted molar refractivity (Wildman–Crippen MR) is 139 cm³/mol. The molecule has 1 fully saturated rings. The second kappa shape index (κ2) is 11.6. The molecule has 1 aliphatic rings. The highest BCUT2D eigenvalue weighted by Crippen LogP contribution is 2.41. The molecule has 2 aromatic rings. The van der Waals surface area contributed by atoms with Gasteiger partial charge in [0, 0.05) is 11.8 Å². The van der Waals surface area contributed by atoms with Crippen LogP contribution in [0.1, 0.15) is 93.0 Å². The van der Waals surface area contributed by atoms with E-state index in [0.29, 0.717) is 5.75 Å². The average Bonchev–Trinajstić information content (AvgIpc) is 2.81. The van der Waals surface area contributed by atoms with Gasteiger partial charge in [-0.1, -0.05) is 44.2 Å². The number of aliphatic hydroxyl groups is 2. The fourth-order valence-electron chi connectivity index (χ4n) is 5.38. The summed E-state index contributed by atoms with van der Waals surface area (Å²) in [6.45, 7) is 8.74. The third-order valence-corrected chi connectivity index (χ3v) is 8.10. The zero-order chi connectivity index (χ0) is 25.6. The maximum atomic E-state index is 10.7. The highest BCUT2D eigenvalue weighted by atomic mass is 16.5. The third kappa shape index (κ3) is 6.45. The molecular formula is C30H42O5. The van der Waals surface area contributed by atoms with Crippen LogP contribution in [0.15, 0.2) is 36.4 Å². The van der Waals surface area contributed by atoms with Crippen molar-refractivity contribution in [2.45, 2.75) is 103 Å². The Hall–Kier alpha value is -2.37. The average molecular weight is 483 g/mol. The standard InChI is InChI=1S/C30H42O5/c1-5-30(6-2,24-9-8-23(21(3)18-24)14-17-29(34)15-7-16-29)25-10-12-27(22(4)19-25)35-20-26(31)11-13-28(32)33/h8-10,12,18-19,26,31,34H,5-7,11,13-17,20H2,1-4H3,(H,32,33)/t26-/m1/s1. The van der Waals surface area contributed by atoms with Crippen LogP contribution >= 0.6 is 0 Å². The zero-order valence-corrected chi connectivity index (χ0v) is 21.8. The Kier molecular flexibility index (Phi) is 9.00. The summed E-state index contributed by atoms with van der Waals surface area (Å²) >= 11 is 0. The van der Waals surface area contributed by atoms with Crippen LogP contribution in [0.5, 0.6) is 5.75 Å². The summed E-state index contributed by atoms with van der Waals surface area (Å²) in [6, 6.07) is 13.1. The van der Waals surface area contributed by atoms with Gasteiger partial charge >= 0.3 is 5.97 Å². The predicted octanol–water partition coefficient (Wildman–Crippen LogP) is 5.86. The van der Waals surface area contributed by atoms with E-state index in [9.17, 15) is 15.0 Å². The number of carbonyl (C=O) groups is 1. The molecule has 0 bridgehead atoms. The largest absolute Gasteiger partial charge is 0.491 e. The van der Waals surface area contributed by atoms with Crippen molar-refractivity contribution in [1.82, 2.24) is 0 Å². The van der Waals surface area contributed by atoms with E-state index in [1.807, 2.05) is 13.0 Å². The van der Waals surface area contributed by atoms with Gasteiger partial charge < -0.3 is 20.1 Å². The molecule has 0 saturated heterocycles. The first-order chi connectivity index (χ1) is 16.6. The van der Waals surface area contributed by atoms with E-state index in [-0.39, 0.29) is 24.9 Å². The maximum absolute atomic E-state index is 10.7. The number of hydrogen-bond acceptors (Lipinski definition) is 4. The normalized spacial score (nSPS) is 15.9. The summed E-state index contributed by atoms with van der Waals surface area (Å²) in [4.78, 5) is 10.7. The van der Waals surface area contributed by atoms with Crippen LogP contribution in [0.4, 0.5) is 0 Å². The molecule has 5 nitrogen and oxygen atoms in total. The smallest absolute Gasteiger partial charge is 0.303 e. The van der Waals surface area contributed by atoms with Crippen LogP contribution < -0.4 is 4.74 Å². The van der Waals surface area contributed by atoms with Crippen molar-refractivity contribution < 1.29 is 24.9 Å². The number of aliphatic carboxylic acids is 1. The molecule has 0 spiro atoms. The first-order valence-corrected chi connectivity index (χ1v) is 13.1. The molecule has 0 radical (unpaired) electrons. The molecule has 1 saturated carbocycles. The minimum absolute atomic E-state index is 0.0724. The second-order valence-corrected chi connectivity index (χ2v) is 10.4. The van der Waals surface area contributed by atoms with E-state index in [1.165, 1.54) is 22.3 Å². The Morgan fingerprint density at radius 3 is 2.20 bits per heavy atom. The Morgan fingerprint density at radius 1 is 1.06 bits per heavy atom. The number of benzene rings is 2. The molecule has 1 atom stereocenters. The molecule has 3 N–H and O–H groups in total. The van der Waals surface area contributed by atoms with Gasteiger partial charge in [0.2, 0.25) is 0 Å². The molecule has 0 heterocycles. The zero-order valence-electron chi connectivity index (χ0n) is 21.8. The summed E-state index contributed by atoms with van der Waals surface area (Å²) in [6.07, 6.45) is 5.99. The van der Waals surface area contributed by atoms with Gasteiger partial charge in [0.15, 0.2) is 0 Å². The fraction of sp³-hybridized carbons (Fsp3) is 0.567. The van der Waals surface area contributed by atoms with Crippen LogP contribution in [-0.4, -0.2) is 39.6 Å². The summed E-state index contributed by atoms with van der Waals surface area (Å²) in [5.74, 6) is -0.205. The minimum Gasteiger partial charge on any atom is -0.491 e.